The van der Waals surface area contributed by atoms with Crippen molar-refractivity contribution in [2.45, 2.75) is 37.6 Å². The number of benzene rings is 2. The lowest BCUT2D eigenvalue weighted by Crippen LogP contribution is -2.39. The first-order valence-electron chi connectivity index (χ1n) is 10.9. The number of furan rings is 1. The molecule has 1 amide bonds. The van der Waals surface area contributed by atoms with Crippen LogP contribution in [-0.2, 0) is 23.0 Å². The number of carbonyl (C=O) groups is 1. The van der Waals surface area contributed by atoms with Gasteiger partial charge in [0.05, 0.1) is 17.7 Å². The molecule has 7 heteroatoms. The summed E-state index contributed by atoms with van der Waals surface area (Å²) in [4.78, 5) is 15.1. The van der Waals surface area contributed by atoms with Crippen molar-refractivity contribution in [3.8, 4) is 0 Å². The van der Waals surface area contributed by atoms with Crippen molar-refractivity contribution in [2.24, 2.45) is 5.92 Å². The van der Waals surface area contributed by atoms with Gasteiger partial charge in [-0.25, -0.2) is 13.1 Å². The van der Waals surface area contributed by atoms with Gasteiger partial charge in [0.15, 0.2) is 0 Å². The number of nitrogens with one attached hydrogen (secondary N) is 1. The summed E-state index contributed by atoms with van der Waals surface area (Å²) in [6, 6.07) is 18.5. The summed E-state index contributed by atoms with van der Waals surface area (Å²) in [6.45, 7) is 3.26. The molecule has 1 aliphatic rings. The van der Waals surface area contributed by atoms with E-state index in [4.69, 9.17) is 4.42 Å². The number of hydrogen-bond acceptors (Lipinski definition) is 4. The fourth-order valence-corrected chi connectivity index (χ4v) is 5.14. The Hall–Kier alpha value is -2.90. The van der Waals surface area contributed by atoms with Gasteiger partial charge in [-0.2, -0.15) is 0 Å². The molecule has 2 heterocycles. The molecule has 1 fully saturated rings. The molecule has 0 atom stereocenters. The van der Waals surface area contributed by atoms with Crippen LogP contribution in [0.5, 0.6) is 0 Å². The summed E-state index contributed by atoms with van der Waals surface area (Å²) in [5.41, 5.74) is 2.53. The van der Waals surface area contributed by atoms with Crippen LogP contribution in [-0.4, -0.2) is 32.3 Å². The molecule has 1 aliphatic heterocycles. The van der Waals surface area contributed by atoms with Crippen LogP contribution in [0.1, 0.15) is 40.1 Å². The monoisotopic (exact) mass is 452 g/mol. The van der Waals surface area contributed by atoms with Crippen LogP contribution in [0.15, 0.2) is 76.2 Å². The highest BCUT2D eigenvalue weighted by Gasteiger charge is 2.26. The Morgan fingerprint density at radius 2 is 1.81 bits per heavy atom. The van der Waals surface area contributed by atoms with Crippen molar-refractivity contribution in [3.63, 3.8) is 0 Å². The van der Waals surface area contributed by atoms with Crippen molar-refractivity contribution in [2.75, 3.05) is 13.1 Å². The quantitative estimate of drug-likeness (QED) is 0.584. The van der Waals surface area contributed by atoms with Crippen LogP contribution < -0.4 is 4.72 Å². The number of likely N-dealkylation sites (tertiary alicyclic amines) is 1. The largest absolute Gasteiger partial charge is 0.468 e. The maximum absolute atomic E-state index is 13.2. The summed E-state index contributed by atoms with van der Waals surface area (Å²) in [7, 11) is -3.76. The normalized spacial score (nSPS) is 15.1. The standard InChI is InChI=1S/C25H28N2O4S/c1-19-9-10-23(32(29,30)26-18-22-8-5-15-31-22)17-24(19)25(28)27-13-11-21(12-14-27)16-20-6-3-2-4-7-20/h2-10,15,17,21,26H,11-14,16,18H2,1H3. The van der Waals surface area contributed by atoms with Crippen LogP contribution in [0, 0.1) is 12.8 Å². The summed E-state index contributed by atoms with van der Waals surface area (Å²) in [5, 5.41) is 0. The number of carbonyl (C=O) groups excluding carboxylic acids is 1. The fourth-order valence-electron chi connectivity index (χ4n) is 4.12. The molecule has 1 aromatic heterocycles. The first-order chi connectivity index (χ1) is 15.4. The molecule has 1 saturated heterocycles. The number of amides is 1. The number of nitrogens with zero attached hydrogens (tertiary/aromatic N) is 1. The lowest BCUT2D eigenvalue weighted by molar-refractivity contribution is 0.0689. The molecule has 0 aliphatic carbocycles. The molecule has 0 unspecified atom stereocenters. The Bertz CT molecular complexity index is 1150. The minimum absolute atomic E-state index is 0.0570. The molecular formula is C25H28N2O4S. The van der Waals surface area contributed by atoms with Gasteiger partial charge >= 0.3 is 0 Å². The molecule has 6 nitrogen and oxygen atoms in total. The van der Waals surface area contributed by atoms with E-state index in [0.717, 1.165) is 24.8 Å². The summed E-state index contributed by atoms with van der Waals surface area (Å²) in [5.74, 6) is 0.971. The van der Waals surface area contributed by atoms with Crippen LogP contribution >= 0.6 is 0 Å². The molecule has 0 radical (unpaired) electrons. The number of aryl methyl sites for hydroxylation is 1. The number of rotatable bonds is 7. The lowest BCUT2D eigenvalue weighted by Gasteiger charge is -2.32. The van der Waals surface area contributed by atoms with E-state index in [-0.39, 0.29) is 17.3 Å². The van der Waals surface area contributed by atoms with Crippen LogP contribution in [0.3, 0.4) is 0 Å². The Morgan fingerprint density at radius 3 is 2.50 bits per heavy atom. The minimum Gasteiger partial charge on any atom is -0.468 e. The molecule has 0 bridgehead atoms. The maximum Gasteiger partial charge on any atom is 0.254 e. The number of sulfonamides is 1. The van der Waals surface area contributed by atoms with Gasteiger partial charge in [-0.3, -0.25) is 4.79 Å². The fraction of sp³-hybridized carbons (Fsp3) is 0.320. The first-order valence-corrected chi connectivity index (χ1v) is 12.4. The highest BCUT2D eigenvalue weighted by atomic mass is 32.2. The van der Waals surface area contributed by atoms with Crippen molar-refractivity contribution < 1.29 is 17.6 Å². The first kappa shape index (κ1) is 22.3. The Morgan fingerprint density at radius 1 is 1.06 bits per heavy atom. The van der Waals surface area contributed by atoms with Gasteiger partial charge in [0, 0.05) is 18.7 Å². The summed E-state index contributed by atoms with van der Waals surface area (Å²) in [6.07, 6.45) is 4.41. The van der Waals surface area contributed by atoms with E-state index < -0.39 is 10.0 Å². The zero-order chi connectivity index (χ0) is 22.6. The average molecular weight is 453 g/mol. The van der Waals surface area contributed by atoms with Crippen molar-refractivity contribution in [1.29, 1.82) is 0 Å². The van der Waals surface area contributed by atoms with Crippen LogP contribution in [0.25, 0.3) is 0 Å². The molecule has 32 heavy (non-hydrogen) atoms. The van der Waals surface area contributed by atoms with Gasteiger partial charge in [-0.1, -0.05) is 36.4 Å². The van der Waals surface area contributed by atoms with Crippen molar-refractivity contribution in [1.82, 2.24) is 9.62 Å². The smallest absolute Gasteiger partial charge is 0.254 e. The Balaban J connectivity index is 1.41. The van der Waals surface area contributed by atoms with Gasteiger partial charge in [-0.15, -0.1) is 0 Å². The lowest BCUT2D eigenvalue weighted by atomic mass is 9.90. The van der Waals surface area contributed by atoms with E-state index in [1.807, 2.05) is 17.9 Å². The molecule has 1 N–H and O–H groups in total. The zero-order valence-electron chi connectivity index (χ0n) is 18.2. The van der Waals surface area contributed by atoms with Crippen molar-refractivity contribution >= 4 is 15.9 Å². The van der Waals surface area contributed by atoms with Crippen LogP contribution in [0.2, 0.25) is 0 Å². The third-order valence-electron chi connectivity index (χ3n) is 6.04. The highest BCUT2D eigenvalue weighted by Crippen LogP contribution is 2.24. The van der Waals surface area contributed by atoms with E-state index in [9.17, 15) is 13.2 Å². The second-order valence-electron chi connectivity index (χ2n) is 8.31. The third kappa shape index (κ3) is 5.29. The highest BCUT2D eigenvalue weighted by molar-refractivity contribution is 7.89. The molecule has 0 saturated carbocycles. The van der Waals surface area contributed by atoms with Gasteiger partial charge < -0.3 is 9.32 Å². The van der Waals surface area contributed by atoms with Crippen molar-refractivity contribution in [3.05, 3.63) is 89.4 Å². The Kier molecular flexibility index (Phi) is 6.77. The van der Waals surface area contributed by atoms with Gasteiger partial charge in [0.2, 0.25) is 10.0 Å². The van der Waals surface area contributed by atoms with E-state index in [0.29, 0.717) is 30.3 Å². The van der Waals surface area contributed by atoms with Gasteiger partial charge in [0.1, 0.15) is 5.76 Å². The van der Waals surface area contributed by atoms with E-state index in [1.165, 1.54) is 24.0 Å². The molecule has 168 valence electrons. The molecule has 0 spiro atoms. The van der Waals surface area contributed by atoms with Crippen LogP contribution in [0.4, 0.5) is 0 Å². The topological polar surface area (TPSA) is 79.6 Å². The molecule has 3 aromatic rings. The van der Waals surface area contributed by atoms with E-state index >= 15 is 0 Å². The average Bonchev–Trinajstić information content (AvgIpc) is 3.33. The second-order valence-corrected chi connectivity index (χ2v) is 10.1. The predicted octanol–water partition coefficient (Wildman–Crippen LogP) is 4.16. The Labute approximate surface area is 189 Å². The molecular weight excluding hydrogens is 424 g/mol. The zero-order valence-corrected chi connectivity index (χ0v) is 19.0. The summed E-state index contributed by atoms with van der Waals surface area (Å²) >= 11 is 0. The maximum atomic E-state index is 13.2. The predicted molar refractivity (Wildman–Crippen MR) is 123 cm³/mol. The van der Waals surface area contributed by atoms with E-state index in [1.54, 1.807) is 18.2 Å². The van der Waals surface area contributed by atoms with Gasteiger partial charge in [-0.05, 0) is 67.5 Å². The van der Waals surface area contributed by atoms with E-state index in [2.05, 4.69) is 29.0 Å². The second kappa shape index (κ2) is 9.71. The molecule has 4 rings (SSSR count). The number of hydrogen-bond donors (Lipinski definition) is 1. The number of piperidine rings is 1. The molecule has 2 aromatic carbocycles. The summed E-state index contributed by atoms with van der Waals surface area (Å²) < 4.78 is 33.2. The SMILES string of the molecule is Cc1ccc(S(=O)(=O)NCc2ccco2)cc1C(=O)N1CCC(Cc2ccccc2)CC1. The van der Waals surface area contributed by atoms with Gasteiger partial charge in [0.25, 0.3) is 5.91 Å². The minimum atomic E-state index is -3.76. The third-order valence-corrected chi connectivity index (χ3v) is 7.43.